The molecular formula is C11H15FN5O+. The van der Waals surface area contributed by atoms with Gasteiger partial charge in [-0.1, -0.05) is 12.1 Å². The lowest BCUT2D eigenvalue weighted by Gasteiger charge is -2.05. The molecular weight excluding hydrogens is 237 g/mol. The van der Waals surface area contributed by atoms with Gasteiger partial charge in [-0.25, -0.2) is 4.39 Å². The highest BCUT2D eigenvalue weighted by Gasteiger charge is 2.14. The number of tetrazole rings is 1. The Kier molecular flexibility index (Phi) is 3.96. The van der Waals surface area contributed by atoms with E-state index in [9.17, 15) is 9.50 Å². The lowest BCUT2D eigenvalue weighted by Crippen LogP contribution is -2.83. The molecule has 18 heavy (non-hydrogen) atoms. The van der Waals surface area contributed by atoms with E-state index in [0.29, 0.717) is 18.9 Å². The summed E-state index contributed by atoms with van der Waals surface area (Å²) >= 11 is 0. The minimum Gasteiger partial charge on any atom is -0.379 e. The topological polar surface area (TPSA) is 80.4 Å². The van der Waals surface area contributed by atoms with Crippen LogP contribution in [0.2, 0.25) is 0 Å². The summed E-state index contributed by atoms with van der Waals surface area (Å²) in [5.74, 6) is 0.0652. The number of nitrogens with two attached hydrogens (primary N) is 1. The molecule has 0 saturated heterocycles. The number of nitrogens with zero attached hydrogens (tertiary/aromatic N) is 4. The van der Waals surface area contributed by atoms with Crippen LogP contribution in [0.15, 0.2) is 24.3 Å². The molecule has 3 N–H and O–H groups in total. The summed E-state index contributed by atoms with van der Waals surface area (Å²) in [6.07, 6.45) is -0.751. The number of quaternary nitrogens is 1. The number of aliphatic hydroxyl groups is 1. The van der Waals surface area contributed by atoms with Gasteiger partial charge in [-0.15, -0.1) is 10.2 Å². The molecule has 1 atom stereocenters. The van der Waals surface area contributed by atoms with Crippen molar-refractivity contribution in [3.8, 4) is 0 Å². The van der Waals surface area contributed by atoms with Gasteiger partial charge in [0.15, 0.2) is 6.10 Å². The molecule has 2 rings (SSSR count). The second kappa shape index (κ2) is 5.65. The first-order chi connectivity index (χ1) is 8.65. The summed E-state index contributed by atoms with van der Waals surface area (Å²) in [6, 6.07) is 6.28. The van der Waals surface area contributed by atoms with Crippen molar-refractivity contribution >= 4 is 0 Å². The number of hydrogen-bond donors (Lipinski definition) is 2. The van der Waals surface area contributed by atoms with Crippen LogP contribution in [0.1, 0.15) is 17.5 Å². The maximum atomic E-state index is 12.7. The normalized spacial score (nSPS) is 12.6. The molecule has 0 aliphatic carbocycles. The first kappa shape index (κ1) is 12.6. The molecule has 7 heteroatoms. The van der Waals surface area contributed by atoms with Crippen molar-refractivity contribution in [3.05, 3.63) is 41.5 Å². The fourth-order valence-electron chi connectivity index (χ4n) is 1.57. The van der Waals surface area contributed by atoms with Crippen molar-refractivity contribution in [1.82, 2.24) is 20.2 Å². The number of rotatable bonds is 5. The number of aromatic nitrogens is 4. The Bertz CT molecular complexity index is 498. The Labute approximate surface area is 103 Å². The highest BCUT2D eigenvalue weighted by molar-refractivity contribution is 5.14. The zero-order valence-corrected chi connectivity index (χ0v) is 9.99. The molecule has 0 aliphatic heterocycles. The summed E-state index contributed by atoms with van der Waals surface area (Å²) < 4.78 is 12.7. The average molecular weight is 252 g/mol. The predicted molar refractivity (Wildman–Crippen MR) is 60.7 cm³/mol. The van der Waals surface area contributed by atoms with Gasteiger partial charge in [-0.2, -0.15) is 4.80 Å². The first-order valence-electron chi connectivity index (χ1n) is 5.63. The molecule has 0 bridgehead atoms. The highest BCUT2D eigenvalue weighted by Crippen LogP contribution is 2.02. The van der Waals surface area contributed by atoms with E-state index in [-0.39, 0.29) is 5.82 Å². The smallest absolute Gasteiger partial charge is 0.208 e. The lowest BCUT2D eigenvalue weighted by molar-refractivity contribution is -0.677. The van der Waals surface area contributed by atoms with E-state index in [4.69, 9.17) is 0 Å². The highest BCUT2D eigenvalue weighted by atomic mass is 19.1. The molecule has 1 heterocycles. The summed E-state index contributed by atoms with van der Waals surface area (Å²) in [6.45, 7) is 1.10. The Morgan fingerprint density at radius 2 is 2.11 bits per heavy atom. The van der Waals surface area contributed by atoms with E-state index in [1.807, 2.05) is 5.32 Å². The van der Waals surface area contributed by atoms with Crippen molar-refractivity contribution in [1.29, 1.82) is 0 Å². The van der Waals surface area contributed by atoms with Gasteiger partial charge in [0.2, 0.25) is 5.82 Å². The lowest BCUT2D eigenvalue weighted by atomic mass is 10.2. The fraction of sp³-hybridized carbons (Fsp3) is 0.364. The Morgan fingerprint density at radius 3 is 2.72 bits per heavy atom. The summed E-state index contributed by atoms with van der Waals surface area (Å²) in [4.78, 5) is 1.30. The van der Waals surface area contributed by atoms with Crippen molar-refractivity contribution in [3.63, 3.8) is 0 Å². The zero-order chi connectivity index (χ0) is 13.0. The van der Waals surface area contributed by atoms with E-state index < -0.39 is 6.10 Å². The molecule has 0 saturated carbocycles. The third-order valence-electron chi connectivity index (χ3n) is 2.51. The van der Waals surface area contributed by atoms with E-state index in [1.54, 1.807) is 19.2 Å². The standard InChI is InChI=1S/C11H14FN5O/c1-17-15-11(14-16-17)10(18)7-13-6-8-2-4-9(12)5-3-8/h2-5,10,13,18H,6-7H2,1H3/p+1/t10-/m1/s1. The van der Waals surface area contributed by atoms with Crippen LogP contribution in [0.3, 0.4) is 0 Å². The van der Waals surface area contributed by atoms with Gasteiger partial charge in [-0.05, 0) is 17.3 Å². The van der Waals surface area contributed by atoms with Gasteiger partial charge in [0.25, 0.3) is 0 Å². The number of benzene rings is 1. The molecule has 1 aromatic carbocycles. The van der Waals surface area contributed by atoms with Crippen molar-refractivity contribution < 1.29 is 14.8 Å². The molecule has 6 nitrogen and oxygen atoms in total. The minimum absolute atomic E-state index is 0.248. The number of aliphatic hydroxyl groups excluding tert-OH is 1. The summed E-state index contributed by atoms with van der Waals surface area (Å²) in [5, 5.41) is 23.0. The van der Waals surface area contributed by atoms with Crippen LogP contribution in [0, 0.1) is 5.82 Å². The zero-order valence-electron chi connectivity index (χ0n) is 9.99. The minimum atomic E-state index is -0.751. The Balaban J connectivity index is 1.80. The van der Waals surface area contributed by atoms with E-state index in [2.05, 4.69) is 15.4 Å². The summed E-state index contributed by atoms with van der Waals surface area (Å²) in [5.41, 5.74) is 0.996. The quantitative estimate of drug-likeness (QED) is 0.726. The van der Waals surface area contributed by atoms with E-state index >= 15 is 0 Å². The summed E-state index contributed by atoms with van der Waals surface area (Å²) in [7, 11) is 1.64. The molecule has 0 amide bonds. The number of halogens is 1. The van der Waals surface area contributed by atoms with Crippen LogP contribution in [0.25, 0.3) is 0 Å². The number of aryl methyl sites for hydroxylation is 1. The fourth-order valence-corrected chi connectivity index (χ4v) is 1.57. The number of hydrogen-bond acceptors (Lipinski definition) is 4. The Morgan fingerprint density at radius 1 is 1.39 bits per heavy atom. The van der Waals surface area contributed by atoms with Gasteiger partial charge in [0.05, 0.1) is 7.05 Å². The van der Waals surface area contributed by atoms with Crippen LogP contribution in [0.4, 0.5) is 4.39 Å². The third-order valence-corrected chi connectivity index (χ3v) is 2.51. The van der Waals surface area contributed by atoms with Crippen molar-refractivity contribution in [2.45, 2.75) is 12.6 Å². The molecule has 0 spiro atoms. The first-order valence-corrected chi connectivity index (χ1v) is 5.63. The predicted octanol–water partition coefficient (Wildman–Crippen LogP) is -0.854. The van der Waals surface area contributed by atoms with E-state index in [1.165, 1.54) is 16.9 Å². The maximum Gasteiger partial charge on any atom is 0.208 e. The monoisotopic (exact) mass is 252 g/mol. The molecule has 0 aliphatic rings. The van der Waals surface area contributed by atoms with Crippen molar-refractivity contribution in [2.75, 3.05) is 6.54 Å². The van der Waals surface area contributed by atoms with Crippen LogP contribution in [0.5, 0.6) is 0 Å². The SMILES string of the molecule is Cn1nnc([C@H](O)C[NH2+]Cc2ccc(F)cc2)n1. The average Bonchev–Trinajstić information content (AvgIpc) is 2.78. The molecule has 1 aromatic heterocycles. The van der Waals surface area contributed by atoms with Gasteiger partial charge in [-0.3, -0.25) is 0 Å². The van der Waals surface area contributed by atoms with Crippen LogP contribution >= 0.6 is 0 Å². The molecule has 0 fully saturated rings. The van der Waals surface area contributed by atoms with Crippen LogP contribution in [-0.4, -0.2) is 31.9 Å². The van der Waals surface area contributed by atoms with E-state index in [0.717, 1.165) is 5.56 Å². The molecule has 96 valence electrons. The van der Waals surface area contributed by atoms with Crippen LogP contribution < -0.4 is 5.32 Å². The van der Waals surface area contributed by atoms with Gasteiger partial charge in [0, 0.05) is 5.56 Å². The maximum absolute atomic E-state index is 12.7. The molecule has 0 radical (unpaired) electrons. The van der Waals surface area contributed by atoms with Gasteiger partial charge >= 0.3 is 0 Å². The second-order valence-corrected chi connectivity index (χ2v) is 4.01. The third kappa shape index (κ3) is 3.31. The molecule has 0 unspecified atom stereocenters. The van der Waals surface area contributed by atoms with Gasteiger partial charge < -0.3 is 10.4 Å². The molecule has 2 aromatic rings. The second-order valence-electron chi connectivity index (χ2n) is 4.01. The Hall–Kier alpha value is -1.86. The van der Waals surface area contributed by atoms with Crippen LogP contribution in [-0.2, 0) is 13.6 Å². The largest absolute Gasteiger partial charge is 0.379 e. The van der Waals surface area contributed by atoms with Gasteiger partial charge in [0.1, 0.15) is 18.9 Å². The van der Waals surface area contributed by atoms with Crippen molar-refractivity contribution in [2.24, 2.45) is 7.05 Å².